The molecule has 3 nitrogen and oxygen atoms in total. The second-order valence-electron chi connectivity index (χ2n) is 5.78. The van der Waals surface area contributed by atoms with Gasteiger partial charge in [-0.15, -0.1) is 4.65 Å². The van der Waals surface area contributed by atoms with Gasteiger partial charge in [-0.05, 0) is 13.3 Å². The summed E-state index contributed by atoms with van der Waals surface area (Å²) in [5.74, 6) is -0.0536. The van der Waals surface area contributed by atoms with Gasteiger partial charge in [0.25, 0.3) is 0 Å². The van der Waals surface area contributed by atoms with Crippen LogP contribution in [0.25, 0.3) is 0 Å². The molecule has 0 bridgehead atoms. The van der Waals surface area contributed by atoms with E-state index < -0.39 is 4.65 Å². The summed E-state index contributed by atoms with van der Waals surface area (Å²) in [6.07, 6.45) is 13.2. The van der Waals surface area contributed by atoms with Gasteiger partial charge >= 0.3 is 5.91 Å². The molecule has 3 heteroatoms. The largest absolute Gasteiger partial charge is 0.345 e. The standard InChI is InChI=1S/C16H34NO2/c1-4-6-7-8-9-10-11-12-13-14-15-16(18)17(3,19)5-2/h19H,4-15H2,1-3H3/q+1. The van der Waals surface area contributed by atoms with Crippen molar-refractivity contribution in [3.63, 3.8) is 0 Å². The van der Waals surface area contributed by atoms with Crippen molar-refractivity contribution < 1.29 is 14.6 Å². The van der Waals surface area contributed by atoms with E-state index in [1.54, 1.807) is 7.05 Å². The molecule has 0 aliphatic heterocycles. The first kappa shape index (κ1) is 18.6. The number of carbonyl (C=O) groups is 1. The molecule has 114 valence electrons. The van der Waals surface area contributed by atoms with Gasteiger partial charge in [0.1, 0.15) is 13.6 Å². The number of hydrogen-bond acceptors (Lipinski definition) is 2. The Bertz CT molecular complexity index is 227. The molecule has 0 aromatic heterocycles. The fraction of sp³-hybridized carbons (Fsp3) is 0.938. The van der Waals surface area contributed by atoms with Crippen LogP contribution in [0.4, 0.5) is 0 Å². The van der Waals surface area contributed by atoms with Crippen molar-refractivity contribution in [3.05, 3.63) is 0 Å². The molecule has 0 heterocycles. The van der Waals surface area contributed by atoms with Crippen molar-refractivity contribution in [2.75, 3.05) is 13.6 Å². The lowest BCUT2D eigenvalue weighted by Gasteiger charge is -2.20. The van der Waals surface area contributed by atoms with Crippen LogP contribution in [-0.4, -0.2) is 29.4 Å². The van der Waals surface area contributed by atoms with Gasteiger partial charge in [-0.25, -0.2) is 10.0 Å². The van der Waals surface area contributed by atoms with Gasteiger partial charge in [-0.1, -0.05) is 64.7 Å². The second-order valence-corrected chi connectivity index (χ2v) is 5.78. The van der Waals surface area contributed by atoms with E-state index in [0.29, 0.717) is 13.0 Å². The van der Waals surface area contributed by atoms with Crippen molar-refractivity contribution in [3.8, 4) is 0 Å². The van der Waals surface area contributed by atoms with Gasteiger partial charge in [0.15, 0.2) is 0 Å². The molecular formula is C16H34NO2+. The Morgan fingerprint density at radius 1 is 0.842 bits per heavy atom. The Hall–Kier alpha value is -0.410. The van der Waals surface area contributed by atoms with Gasteiger partial charge < -0.3 is 0 Å². The summed E-state index contributed by atoms with van der Waals surface area (Å²) < 4.78 is -0.461. The van der Waals surface area contributed by atoms with E-state index in [9.17, 15) is 10.0 Å². The molecule has 1 amide bonds. The van der Waals surface area contributed by atoms with Crippen LogP contribution in [-0.2, 0) is 4.79 Å². The number of nitrogens with zero attached hydrogens (tertiary/aromatic N) is 1. The van der Waals surface area contributed by atoms with Crippen molar-refractivity contribution in [1.29, 1.82) is 0 Å². The van der Waals surface area contributed by atoms with Crippen molar-refractivity contribution in [2.24, 2.45) is 0 Å². The molecule has 0 rings (SSSR count). The predicted octanol–water partition coefficient (Wildman–Crippen LogP) is 4.68. The van der Waals surface area contributed by atoms with Crippen LogP contribution in [0.15, 0.2) is 0 Å². The van der Waals surface area contributed by atoms with Crippen LogP contribution < -0.4 is 0 Å². The molecular weight excluding hydrogens is 238 g/mol. The molecule has 0 aromatic carbocycles. The van der Waals surface area contributed by atoms with Crippen LogP contribution in [0.1, 0.15) is 84.5 Å². The third-order valence-electron chi connectivity index (χ3n) is 3.90. The monoisotopic (exact) mass is 272 g/mol. The molecule has 0 saturated heterocycles. The number of hydroxylamine groups is 3. The molecule has 1 atom stereocenters. The third kappa shape index (κ3) is 10.1. The second kappa shape index (κ2) is 11.4. The Labute approximate surface area is 119 Å². The number of rotatable bonds is 12. The summed E-state index contributed by atoms with van der Waals surface area (Å²) in [4.78, 5) is 11.7. The smallest absolute Gasteiger partial charge is 0.228 e. The molecule has 0 saturated carbocycles. The maximum Gasteiger partial charge on any atom is 0.345 e. The molecule has 0 spiro atoms. The zero-order valence-corrected chi connectivity index (χ0v) is 13.3. The number of unbranched alkanes of at least 4 members (excludes halogenated alkanes) is 9. The van der Waals surface area contributed by atoms with Crippen molar-refractivity contribution in [2.45, 2.75) is 84.5 Å². The zero-order valence-electron chi connectivity index (χ0n) is 13.3. The minimum Gasteiger partial charge on any atom is -0.228 e. The summed E-state index contributed by atoms with van der Waals surface area (Å²) in [5, 5.41) is 9.72. The summed E-state index contributed by atoms with van der Waals surface area (Å²) in [5.41, 5.74) is 0. The van der Waals surface area contributed by atoms with E-state index in [1.165, 1.54) is 51.4 Å². The van der Waals surface area contributed by atoms with E-state index in [2.05, 4.69) is 6.92 Å². The summed E-state index contributed by atoms with van der Waals surface area (Å²) in [6.45, 7) is 4.53. The minimum absolute atomic E-state index is 0.0536. The Balaban J connectivity index is 3.30. The minimum atomic E-state index is -0.461. The molecule has 0 aliphatic rings. The van der Waals surface area contributed by atoms with E-state index in [0.717, 1.165) is 12.8 Å². The van der Waals surface area contributed by atoms with Crippen LogP contribution in [0.5, 0.6) is 0 Å². The molecule has 19 heavy (non-hydrogen) atoms. The van der Waals surface area contributed by atoms with E-state index in [4.69, 9.17) is 0 Å². The number of quaternary nitrogens is 1. The first-order valence-electron chi connectivity index (χ1n) is 8.16. The highest BCUT2D eigenvalue weighted by Crippen LogP contribution is 2.12. The van der Waals surface area contributed by atoms with Gasteiger partial charge in [-0.3, -0.25) is 0 Å². The van der Waals surface area contributed by atoms with Crippen molar-refractivity contribution in [1.82, 2.24) is 0 Å². The predicted molar refractivity (Wildman–Crippen MR) is 80.0 cm³/mol. The average molecular weight is 272 g/mol. The highest BCUT2D eigenvalue weighted by molar-refractivity contribution is 5.67. The number of hydrogen-bond donors (Lipinski definition) is 1. The van der Waals surface area contributed by atoms with E-state index >= 15 is 0 Å². The number of carbonyl (C=O) groups excluding carboxylic acids is 1. The van der Waals surface area contributed by atoms with E-state index in [1.807, 2.05) is 6.92 Å². The topological polar surface area (TPSA) is 37.3 Å². The number of amides is 1. The normalized spacial score (nSPS) is 14.3. The summed E-state index contributed by atoms with van der Waals surface area (Å²) in [6, 6.07) is 0. The van der Waals surface area contributed by atoms with E-state index in [-0.39, 0.29) is 5.91 Å². The lowest BCUT2D eigenvalue weighted by molar-refractivity contribution is -1.02. The molecule has 1 unspecified atom stereocenters. The first-order valence-corrected chi connectivity index (χ1v) is 8.16. The molecule has 0 aromatic rings. The third-order valence-corrected chi connectivity index (χ3v) is 3.90. The van der Waals surface area contributed by atoms with Gasteiger partial charge in [0.2, 0.25) is 0 Å². The Kier molecular flexibility index (Phi) is 11.2. The van der Waals surface area contributed by atoms with Gasteiger partial charge in [-0.2, -0.15) is 0 Å². The van der Waals surface area contributed by atoms with Crippen LogP contribution in [0, 0.1) is 0 Å². The summed E-state index contributed by atoms with van der Waals surface area (Å²) in [7, 11) is 1.57. The van der Waals surface area contributed by atoms with Crippen LogP contribution in [0.3, 0.4) is 0 Å². The first-order chi connectivity index (χ1) is 9.04. The molecule has 0 aliphatic carbocycles. The Morgan fingerprint density at radius 2 is 1.26 bits per heavy atom. The van der Waals surface area contributed by atoms with Crippen LogP contribution >= 0.6 is 0 Å². The fourth-order valence-electron chi connectivity index (χ4n) is 2.18. The quantitative estimate of drug-likeness (QED) is 0.242. The van der Waals surface area contributed by atoms with Crippen LogP contribution in [0.2, 0.25) is 0 Å². The lowest BCUT2D eigenvalue weighted by atomic mass is 10.1. The fourth-order valence-corrected chi connectivity index (χ4v) is 2.18. The Morgan fingerprint density at radius 3 is 1.68 bits per heavy atom. The molecule has 0 fully saturated rings. The summed E-state index contributed by atoms with van der Waals surface area (Å²) >= 11 is 0. The average Bonchev–Trinajstić information content (AvgIpc) is 2.40. The SMILES string of the molecule is CCCCCCCCCCCCC(=O)[N+](C)(O)CC. The highest BCUT2D eigenvalue weighted by Gasteiger charge is 2.26. The van der Waals surface area contributed by atoms with Gasteiger partial charge in [0, 0.05) is 0 Å². The van der Waals surface area contributed by atoms with Gasteiger partial charge in [0.05, 0.1) is 6.42 Å². The van der Waals surface area contributed by atoms with Crippen molar-refractivity contribution >= 4 is 5.91 Å². The lowest BCUT2D eigenvalue weighted by Crippen LogP contribution is -2.45. The molecule has 0 radical (unpaired) electrons. The zero-order chi connectivity index (χ0) is 14.6. The maximum absolute atomic E-state index is 11.7. The molecule has 1 N–H and O–H groups in total. The highest BCUT2D eigenvalue weighted by atomic mass is 16.6. The maximum atomic E-state index is 11.7.